The van der Waals surface area contributed by atoms with E-state index < -0.39 is 5.91 Å². The summed E-state index contributed by atoms with van der Waals surface area (Å²) in [5.41, 5.74) is 3.48. The summed E-state index contributed by atoms with van der Waals surface area (Å²) in [6.45, 7) is 3.96. The maximum absolute atomic E-state index is 12.2. The van der Waals surface area contributed by atoms with E-state index in [9.17, 15) is 10.1 Å². The van der Waals surface area contributed by atoms with E-state index in [-0.39, 0.29) is 5.57 Å². The third-order valence-corrected chi connectivity index (χ3v) is 3.95. The Kier molecular flexibility index (Phi) is 6.00. The molecular formula is C19H18ClN3O. The molecule has 0 spiro atoms. The second-order valence-electron chi connectivity index (χ2n) is 5.28. The number of nitriles is 1. The maximum Gasteiger partial charge on any atom is 0.267 e. The van der Waals surface area contributed by atoms with Crippen molar-refractivity contribution in [1.82, 2.24) is 0 Å². The smallest absolute Gasteiger partial charge is 0.267 e. The minimum absolute atomic E-state index is 0.0220. The molecule has 2 N–H and O–H groups in total. The maximum atomic E-state index is 12.2. The van der Waals surface area contributed by atoms with Crippen molar-refractivity contribution in [3.05, 3.63) is 70.4 Å². The van der Waals surface area contributed by atoms with Crippen LogP contribution in [0.4, 0.5) is 11.4 Å². The average molecular weight is 340 g/mol. The number of rotatable bonds is 5. The molecule has 4 nitrogen and oxygen atoms in total. The summed E-state index contributed by atoms with van der Waals surface area (Å²) >= 11 is 6.03. The van der Waals surface area contributed by atoms with Crippen molar-refractivity contribution in [3.8, 4) is 6.07 Å². The van der Waals surface area contributed by atoms with E-state index in [0.29, 0.717) is 10.7 Å². The molecule has 1 amide bonds. The van der Waals surface area contributed by atoms with Crippen LogP contribution < -0.4 is 10.6 Å². The van der Waals surface area contributed by atoms with Gasteiger partial charge in [-0.15, -0.1) is 0 Å². The first-order valence-electron chi connectivity index (χ1n) is 7.56. The fourth-order valence-electron chi connectivity index (χ4n) is 2.01. The fraction of sp³-hybridized carbons (Fsp3) is 0.158. The fourth-order valence-corrected chi connectivity index (χ4v) is 2.19. The topological polar surface area (TPSA) is 64.9 Å². The van der Waals surface area contributed by atoms with Crippen LogP contribution >= 0.6 is 11.6 Å². The minimum Gasteiger partial charge on any atom is -0.360 e. The third-order valence-electron chi connectivity index (χ3n) is 3.54. The number of hydrogen-bond donors (Lipinski definition) is 2. The van der Waals surface area contributed by atoms with Crippen LogP contribution in [0.15, 0.2) is 54.2 Å². The normalized spacial score (nSPS) is 10.8. The lowest BCUT2D eigenvalue weighted by Crippen LogP contribution is -2.14. The quantitative estimate of drug-likeness (QED) is 0.614. The van der Waals surface area contributed by atoms with Crippen molar-refractivity contribution in [1.29, 1.82) is 5.26 Å². The van der Waals surface area contributed by atoms with Gasteiger partial charge in [-0.3, -0.25) is 4.79 Å². The van der Waals surface area contributed by atoms with Crippen LogP contribution in [-0.4, -0.2) is 5.91 Å². The van der Waals surface area contributed by atoms with Gasteiger partial charge in [-0.2, -0.15) is 5.26 Å². The highest BCUT2D eigenvalue weighted by Gasteiger charge is 2.10. The van der Waals surface area contributed by atoms with E-state index in [0.717, 1.165) is 17.7 Å². The first-order valence-corrected chi connectivity index (χ1v) is 7.94. The molecule has 24 heavy (non-hydrogen) atoms. The van der Waals surface area contributed by atoms with Gasteiger partial charge in [0.05, 0.1) is 0 Å². The number of aryl methyl sites for hydroxylation is 2. The predicted octanol–water partition coefficient (Wildman–Crippen LogP) is 4.67. The zero-order valence-electron chi connectivity index (χ0n) is 13.6. The molecule has 2 aromatic carbocycles. The lowest BCUT2D eigenvalue weighted by molar-refractivity contribution is -0.112. The van der Waals surface area contributed by atoms with Gasteiger partial charge in [0.25, 0.3) is 5.91 Å². The lowest BCUT2D eigenvalue weighted by Gasteiger charge is -2.07. The Morgan fingerprint density at radius 3 is 2.46 bits per heavy atom. The molecule has 0 saturated carbocycles. The summed E-state index contributed by atoms with van der Waals surface area (Å²) in [6.07, 6.45) is 2.35. The molecule has 5 heteroatoms. The van der Waals surface area contributed by atoms with Gasteiger partial charge in [-0.05, 0) is 48.7 Å². The Hall–Kier alpha value is -2.77. The number of halogens is 1. The molecule has 0 aliphatic rings. The van der Waals surface area contributed by atoms with Gasteiger partial charge in [0.2, 0.25) is 0 Å². The van der Waals surface area contributed by atoms with Crippen LogP contribution in [0, 0.1) is 18.3 Å². The average Bonchev–Trinajstić information content (AvgIpc) is 2.59. The van der Waals surface area contributed by atoms with Crippen molar-refractivity contribution in [2.24, 2.45) is 0 Å². The molecule has 0 unspecified atom stereocenters. The molecule has 0 heterocycles. The molecule has 0 radical (unpaired) electrons. The Labute approximate surface area is 146 Å². The lowest BCUT2D eigenvalue weighted by atomic mass is 10.1. The van der Waals surface area contributed by atoms with E-state index in [1.165, 1.54) is 11.8 Å². The number of nitrogens with zero attached hydrogens (tertiary/aromatic N) is 1. The van der Waals surface area contributed by atoms with Crippen LogP contribution in [-0.2, 0) is 11.2 Å². The third kappa shape index (κ3) is 4.61. The summed E-state index contributed by atoms with van der Waals surface area (Å²) < 4.78 is 0. The summed E-state index contributed by atoms with van der Waals surface area (Å²) in [7, 11) is 0. The van der Waals surface area contributed by atoms with Gasteiger partial charge >= 0.3 is 0 Å². The monoisotopic (exact) mass is 339 g/mol. The van der Waals surface area contributed by atoms with Gasteiger partial charge in [0, 0.05) is 22.6 Å². The highest BCUT2D eigenvalue weighted by molar-refractivity contribution is 6.31. The number of carbonyl (C=O) groups is 1. The summed E-state index contributed by atoms with van der Waals surface area (Å²) in [5, 5.41) is 15.4. The predicted molar refractivity (Wildman–Crippen MR) is 98.0 cm³/mol. The molecule has 0 aliphatic carbocycles. The summed E-state index contributed by atoms with van der Waals surface area (Å²) in [5.74, 6) is -0.491. The molecule has 0 fully saturated rings. The molecular weight excluding hydrogens is 322 g/mol. The highest BCUT2D eigenvalue weighted by Crippen LogP contribution is 2.20. The molecule has 2 aromatic rings. The zero-order valence-corrected chi connectivity index (χ0v) is 14.3. The first-order chi connectivity index (χ1) is 11.5. The molecule has 0 bridgehead atoms. The first kappa shape index (κ1) is 17.6. The largest absolute Gasteiger partial charge is 0.360 e. The van der Waals surface area contributed by atoms with Crippen molar-refractivity contribution in [2.75, 3.05) is 10.6 Å². The number of benzene rings is 2. The molecule has 0 aromatic heterocycles. The number of carbonyl (C=O) groups excluding carboxylic acids is 1. The van der Waals surface area contributed by atoms with E-state index in [1.54, 1.807) is 18.2 Å². The number of anilines is 2. The van der Waals surface area contributed by atoms with Crippen LogP contribution in [0.2, 0.25) is 5.02 Å². The Morgan fingerprint density at radius 1 is 1.21 bits per heavy atom. The Bertz CT molecular complexity index is 804. The number of nitrogens with one attached hydrogen (secondary N) is 2. The van der Waals surface area contributed by atoms with Gasteiger partial charge in [0.15, 0.2) is 0 Å². The highest BCUT2D eigenvalue weighted by atomic mass is 35.5. The van der Waals surface area contributed by atoms with E-state index >= 15 is 0 Å². The van der Waals surface area contributed by atoms with Crippen molar-refractivity contribution in [2.45, 2.75) is 20.3 Å². The van der Waals surface area contributed by atoms with Gasteiger partial charge in [-0.25, -0.2) is 0 Å². The van der Waals surface area contributed by atoms with Crippen molar-refractivity contribution >= 4 is 28.9 Å². The zero-order chi connectivity index (χ0) is 17.5. The number of hydrogen-bond acceptors (Lipinski definition) is 3. The molecule has 2 rings (SSSR count). The van der Waals surface area contributed by atoms with Crippen LogP contribution in [0.5, 0.6) is 0 Å². The van der Waals surface area contributed by atoms with Gasteiger partial charge in [-0.1, -0.05) is 36.7 Å². The van der Waals surface area contributed by atoms with E-state index in [1.807, 2.05) is 37.3 Å². The van der Waals surface area contributed by atoms with Crippen molar-refractivity contribution < 1.29 is 4.79 Å². The summed E-state index contributed by atoms with van der Waals surface area (Å²) in [4.78, 5) is 12.2. The van der Waals surface area contributed by atoms with E-state index in [2.05, 4.69) is 17.6 Å². The Morgan fingerprint density at radius 2 is 1.88 bits per heavy atom. The van der Waals surface area contributed by atoms with Crippen LogP contribution in [0.1, 0.15) is 18.1 Å². The van der Waals surface area contributed by atoms with Crippen LogP contribution in [0.3, 0.4) is 0 Å². The molecule has 122 valence electrons. The summed E-state index contributed by atoms with van der Waals surface area (Å²) in [6, 6.07) is 14.9. The SMILES string of the molecule is CCc1ccc(N/C=C(/C#N)C(=O)Nc2ccc(C)c(Cl)c2)cc1. The van der Waals surface area contributed by atoms with Crippen molar-refractivity contribution in [3.63, 3.8) is 0 Å². The standard InChI is InChI=1S/C19H18ClN3O/c1-3-14-5-8-16(9-6-14)22-12-15(11-21)19(24)23-17-7-4-13(2)18(20)10-17/h4-10,12,22H,3H2,1-2H3,(H,23,24)/b15-12-. The minimum atomic E-state index is -0.491. The van der Waals surface area contributed by atoms with Gasteiger partial charge < -0.3 is 10.6 Å². The Balaban J connectivity index is 2.07. The molecule has 0 aliphatic heterocycles. The molecule has 0 saturated heterocycles. The second-order valence-corrected chi connectivity index (χ2v) is 5.69. The second kappa shape index (κ2) is 8.19. The number of amides is 1. The van der Waals surface area contributed by atoms with E-state index in [4.69, 9.17) is 11.6 Å². The van der Waals surface area contributed by atoms with Crippen LogP contribution in [0.25, 0.3) is 0 Å². The van der Waals surface area contributed by atoms with Gasteiger partial charge in [0.1, 0.15) is 11.6 Å². The molecule has 0 atom stereocenters.